The van der Waals surface area contributed by atoms with E-state index >= 15 is 0 Å². The van der Waals surface area contributed by atoms with Gasteiger partial charge in [0.25, 0.3) is 0 Å². The normalized spacial score (nSPS) is 27.5. The Kier molecular flexibility index (Phi) is 3.26. The number of likely N-dealkylation sites (tertiary alicyclic amines) is 1. The van der Waals surface area contributed by atoms with E-state index < -0.39 is 5.97 Å². The lowest BCUT2D eigenvalue weighted by Gasteiger charge is -2.24. The van der Waals surface area contributed by atoms with Crippen molar-refractivity contribution in [2.75, 3.05) is 26.7 Å². The Balaban J connectivity index is 1.71. The predicted octanol–water partition coefficient (Wildman–Crippen LogP) is 0.630. The summed E-state index contributed by atoms with van der Waals surface area (Å²) in [4.78, 5) is 15.2. The molecule has 1 atom stereocenters. The van der Waals surface area contributed by atoms with Crippen LogP contribution in [-0.2, 0) is 4.79 Å². The van der Waals surface area contributed by atoms with E-state index in [0.717, 1.165) is 19.1 Å². The average molecular weight is 212 g/mol. The van der Waals surface area contributed by atoms with E-state index in [2.05, 4.69) is 16.8 Å². The van der Waals surface area contributed by atoms with Gasteiger partial charge in [0.1, 0.15) is 0 Å². The summed E-state index contributed by atoms with van der Waals surface area (Å²) in [6, 6.07) is 1.47. The largest absolute Gasteiger partial charge is 0.481 e. The van der Waals surface area contributed by atoms with Crippen molar-refractivity contribution < 1.29 is 9.90 Å². The molecule has 1 heterocycles. The van der Waals surface area contributed by atoms with Gasteiger partial charge in [0, 0.05) is 25.2 Å². The topological polar surface area (TPSA) is 43.8 Å². The Morgan fingerprint density at radius 1 is 1.40 bits per heavy atom. The standard InChI is InChI=1S/C11H20N2O2/c1-12(9-2-3-9)10-4-6-13(8-10)7-5-11(14)15/h9-10H,2-8H2,1H3,(H,14,15). The minimum absolute atomic E-state index is 0.278. The molecule has 15 heavy (non-hydrogen) atoms. The lowest BCUT2D eigenvalue weighted by Crippen LogP contribution is -2.36. The maximum Gasteiger partial charge on any atom is 0.304 e. The van der Waals surface area contributed by atoms with Gasteiger partial charge in [-0.1, -0.05) is 0 Å². The number of carbonyl (C=O) groups is 1. The summed E-state index contributed by atoms with van der Waals surface area (Å²) in [7, 11) is 2.21. The highest BCUT2D eigenvalue weighted by atomic mass is 16.4. The molecule has 86 valence electrons. The Hall–Kier alpha value is -0.610. The second kappa shape index (κ2) is 4.49. The zero-order valence-electron chi connectivity index (χ0n) is 9.35. The van der Waals surface area contributed by atoms with Gasteiger partial charge in [0.15, 0.2) is 0 Å². The number of carboxylic acids is 1. The molecule has 2 fully saturated rings. The number of aliphatic carboxylic acids is 1. The summed E-state index contributed by atoms with van der Waals surface area (Å²) in [5.41, 5.74) is 0. The van der Waals surface area contributed by atoms with E-state index in [1.165, 1.54) is 19.3 Å². The first-order chi connectivity index (χ1) is 7.16. The maximum absolute atomic E-state index is 10.5. The lowest BCUT2D eigenvalue weighted by atomic mass is 10.2. The second-order valence-electron chi connectivity index (χ2n) is 4.78. The molecule has 4 heteroatoms. The summed E-state index contributed by atoms with van der Waals surface area (Å²) in [6.07, 6.45) is 4.18. The van der Waals surface area contributed by atoms with Crippen molar-refractivity contribution in [3.8, 4) is 0 Å². The van der Waals surface area contributed by atoms with E-state index in [0.29, 0.717) is 12.6 Å². The number of rotatable bonds is 5. The van der Waals surface area contributed by atoms with Crippen LogP contribution in [0.3, 0.4) is 0 Å². The van der Waals surface area contributed by atoms with Gasteiger partial charge in [0.2, 0.25) is 0 Å². The number of nitrogens with zero attached hydrogens (tertiary/aromatic N) is 2. The fraction of sp³-hybridized carbons (Fsp3) is 0.909. The van der Waals surface area contributed by atoms with Crippen molar-refractivity contribution >= 4 is 5.97 Å². The van der Waals surface area contributed by atoms with Gasteiger partial charge in [-0.25, -0.2) is 0 Å². The van der Waals surface area contributed by atoms with Crippen LogP contribution in [0.5, 0.6) is 0 Å². The molecule has 1 saturated carbocycles. The summed E-state index contributed by atoms with van der Waals surface area (Å²) >= 11 is 0. The fourth-order valence-electron chi connectivity index (χ4n) is 2.38. The van der Waals surface area contributed by atoms with Crippen LogP contribution in [0.1, 0.15) is 25.7 Å². The average Bonchev–Trinajstić information content (AvgIpc) is 2.93. The smallest absolute Gasteiger partial charge is 0.304 e. The van der Waals surface area contributed by atoms with E-state index in [9.17, 15) is 4.79 Å². The first-order valence-corrected chi connectivity index (χ1v) is 5.83. The van der Waals surface area contributed by atoms with Gasteiger partial charge in [-0.15, -0.1) is 0 Å². The molecule has 1 aliphatic carbocycles. The van der Waals surface area contributed by atoms with Gasteiger partial charge >= 0.3 is 5.97 Å². The molecule has 1 saturated heterocycles. The van der Waals surface area contributed by atoms with Crippen molar-refractivity contribution in [1.29, 1.82) is 0 Å². The van der Waals surface area contributed by atoms with Crippen molar-refractivity contribution in [2.45, 2.75) is 37.8 Å². The number of hydrogen-bond acceptors (Lipinski definition) is 3. The van der Waals surface area contributed by atoms with Crippen molar-refractivity contribution in [1.82, 2.24) is 9.80 Å². The Morgan fingerprint density at radius 2 is 2.13 bits per heavy atom. The van der Waals surface area contributed by atoms with Crippen molar-refractivity contribution in [3.63, 3.8) is 0 Å². The molecule has 0 aromatic rings. The summed E-state index contributed by atoms with van der Waals surface area (Å²) in [5, 5.41) is 8.61. The molecule has 0 aromatic heterocycles. The summed E-state index contributed by atoms with van der Waals surface area (Å²) in [5.74, 6) is -0.686. The van der Waals surface area contributed by atoms with Crippen LogP contribution in [0.15, 0.2) is 0 Å². The molecular formula is C11H20N2O2. The zero-order valence-corrected chi connectivity index (χ0v) is 9.35. The van der Waals surface area contributed by atoms with E-state index in [1.807, 2.05) is 0 Å². The van der Waals surface area contributed by atoms with Crippen molar-refractivity contribution in [2.24, 2.45) is 0 Å². The SMILES string of the molecule is CN(C1CC1)C1CCN(CCC(=O)O)C1. The highest BCUT2D eigenvalue weighted by Crippen LogP contribution is 2.29. The van der Waals surface area contributed by atoms with Gasteiger partial charge in [0.05, 0.1) is 6.42 Å². The molecule has 1 N–H and O–H groups in total. The van der Waals surface area contributed by atoms with Gasteiger partial charge in [-0.05, 0) is 32.9 Å². The molecule has 1 aliphatic heterocycles. The molecule has 0 amide bonds. The minimum atomic E-state index is -0.686. The molecule has 1 unspecified atom stereocenters. The van der Waals surface area contributed by atoms with Crippen LogP contribution in [-0.4, -0.2) is 59.6 Å². The third-order valence-corrected chi connectivity index (χ3v) is 3.59. The van der Waals surface area contributed by atoms with Crippen LogP contribution in [0, 0.1) is 0 Å². The second-order valence-corrected chi connectivity index (χ2v) is 4.78. The molecule has 0 bridgehead atoms. The van der Waals surface area contributed by atoms with Gasteiger partial charge < -0.3 is 10.0 Å². The minimum Gasteiger partial charge on any atom is -0.481 e. The molecule has 0 aromatic carbocycles. The predicted molar refractivity (Wildman–Crippen MR) is 57.9 cm³/mol. The number of likely N-dealkylation sites (N-methyl/N-ethyl adjacent to an activating group) is 1. The highest BCUT2D eigenvalue weighted by Gasteiger charge is 2.34. The molecular weight excluding hydrogens is 192 g/mol. The third kappa shape index (κ3) is 2.92. The molecule has 2 rings (SSSR count). The lowest BCUT2D eigenvalue weighted by molar-refractivity contribution is -0.137. The first kappa shape index (κ1) is 10.9. The summed E-state index contributed by atoms with van der Waals surface area (Å²) < 4.78 is 0. The van der Waals surface area contributed by atoms with E-state index in [4.69, 9.17) is 5.11 Å². The Bertz CT molecular complexity index is 241. The maximum atomic E-state index is 10.5. The third-order valence-electron chi connectivity index (χ3n) is 3.59. The zero-order chi connectivity index (χ0) is 10.8. The van der Waals surface area contributed by atoms with Gasteiger partial charge in [-0.2, -0.15) is 0 Å². The van der Waals surface area contributed by atoms with Crippen LogP contribution in [0.2, 0.25) is 0 Å². The quantitative estimate of drug-likeness (QED) is 0.726. The highest BCUT2D eigenvalue weighted by molar-refractivity contribution is 5.66. The molecule has 2 aliphatic rings. The molecule has 0 spiro atoms. The van der Waals surface area contributed by atoms with Crippen LogP contribution in [0.25, 0.3) is 0 Å². The fourth-order valence-corrected chi connectivity index (χ4v) is 2.38. The van der Waals surface area contributed by atoms with Crippen LogP contribution < -0.4 is 0 Å². The number of hydrogen-bond donors (Lipinski definition) is 1. The number of carboxylic acid groups (broad SMARTS) is 1. The first-order valence-electron chi connectivity index (χ1n) is 5.83. The molecule has 4 nitrogen and oxygen atoms in total. The van der Waals surface area contributed by atoms with Crippen LogP contribution in [0.4, 0.5) is 0 Å². The Labute approximate surface area is 90.9 Å². The van der Waals surface area contributed by atoms with E-state index in [-0.39, 0.29) is 6.42 Å². The van der Waals surface area contributed by atoms with Crippen LogP contribution >= 0.6 is 0 Å². The van der Waals surface area contributed by atoms with E-state index in [1.54, 1.807) is 0 Å². The summed E-state index contributed by atoms with van der Waals surface area (Å²) in [6.45, 7) is 2.83. The Morgan fingerprint density at radius 3 is 2.73 bits per heavy atom. The monoisotopic (exact) mass is 212 g/mol. The van der Waals surface area contributed by atoms with Crippen molar-refractivity contribution in [3.05, 3.63) is 0 Å². The van der Waals surface area contributed by atoms with Gasteiger partial charge in [-0.3, -0.25) is 9.69 Å². The molecule has 0 radical (unpaired) electrons.